The Morgan fingerprint density at radius 2 is 1.94 bits per heavy atom. The topological polar surface area (TPSA) is 111 Å². The SMILES string of the molecule is CCOC(=O)CNC(=O)c1sc2ncn(CC(=O)N3C[C@H](C)C[C@@H](C)C3)c(=O)c2c1C. The standard InChI is InChI=1S/C21H28N4O5S/c1-5-30-16(27)7-22-19(28)18-14(4)17-20(31-18)23-11-25(21(17)29)10-15(26)24-8-12(2)6-13(3)9-24/h11-13H,5-10H2,1-4H3,(H,22,28)/t12-,13-/m1/s1. The van der Waals surface area contributed by atoms with Gasteiger partial charge in [0.25, 0.3) is 11.5 Å². The summed E-state index contributed by atoms with van der Waals surface area (Å²) in [6.45, 7) is 8.88. The van der Waals surface area contributed by atoms with Gasteiger partial charge >= 0.3 is 5.97 Å². The van der Waals surface area contributed by atoms with Crippen molar-refractivity contribution in [2.24, 2.45) is 11.8 Å². The number of rotatable bonds is 6. The molecule has 3 heterocycles. The Morgan fingerprint density at radius 1 is 1.26 bits per heavy atom. The molecule has 1 N–H and O–H groups in total. The van der Waals surface area contributed by atoms with E-state index in [2.05, 4.69) is 24.1 Å². The normalized spacial score (nSPS) is 18.8. The molecule has 1 aliphatic rings. The van der Waals surface area contributed by atoms with Gasteiger partial charge < -0.3 is 15.0 Å². The van der Waals surface area contributed by atoms with E-state index < -0.39 is 11.9 Å². The molecular weight excluding hydrogens is 420 g/mol. The molecule has 9 nitrogen and oxygen atoms in total. The van der Waals surface area contributed by atoms with Crippen LogP contribution in [0.4, 0.5) is 0 Å². The highest BCUT2D eigenvalue weighted by Crippen LogP contribution is 2.27. The number of ether oxygens (including phenoxy) is 1. The fraction of sp³-hybridized carbons (Fsp3) is 0.571. The van der Waals surface area contributed by atoms with Crippen LogP contribution in [0.25, 0.3) is 10.2 Å². The van der Waals surface area contributed by atoms with Gasteiger partial charge in [-0.3, -0.25) is 23.7 Å². The zero-order chi connectivity index (χ0) is 22.7. The summed E-state index contributed by atoms with van der Waals surface area (Å²) < 4.78 is 6.10. The molecule has 2 atom stereocenters. The number of carbonyl (C=O) groups excluding carboxylic acids is 3. The van der Waals surface area contributed by atoms with Gasteiger partial charge in [0, 0.05) is 13.1 Å². The molecule has 2 aromatic rings. The molecule has 31 heavy (non-hydrogen) atoms. The Hall–Kier alpha value is -2.75. The first-order chi connectivity index (χ1) is 14.7. The molecule has 0 unspecified atom stereocenters. The van der Waals surface area contributed by atoms with Gasteiger partial charge in [-0.05, 0) is 37.7 Å². The van der Waals surface area contributed by atoms with Crippen molar-refractivity contribution in [2.45, 2.75) is 40.7 Å². The minimum atomic E-state index is -0.532. The summed E-state index contributed by atoms with van der Waals surface area (Å²) >= 11 is 1.08. The molecule has 0 radical (unpaired) electrons. The molecule has 1 saturated heterocycles. The van der Waals surface area contributed by atoms with Crippen molar-refractivity contribution in [1.29, 1.82) is 0 Å². The number of aryl methyl sites for hydroxylation is 1. The van der Waals surface area contributed by atoms with Crippen LogP contribution in [-0.2, 0) is 20.9 Å². The fourth-order valence-electron chi connectivity index (χ4n) is 4.05. The smallest absolute Gasteiger partial charge is 0.325 e. The van der Waals surface area contributed by atoms with Crippen molar-refractivity contribution in [1.82, 2.24) is 19.8 Å². The Balaban J connectivity index is 1.80. The van der Waals surface area contributed by atoms with E-state index in [0.717, 1.165) is 17.8 Å². The Labute approximate surface area is 184 Å². The summed E-state index contributed by atoms with van der Waals surface area (Å²) in [5.41, 5.74) is 0.135. The first kappa shape index (κ1) is 22.9. The summed E-state index contributed by atoms with van der Waals surface area (Å²) in [7, 11) is 0. The van der Waals surface area contributed by atoms with E-state index in [1.54, 1.807) is 13.8 Å². The van der Waals surface area contributed by atoms with E-state index >= 15 is 0 Å². The van der Waals surface area contributed by atoms with E-state index in [1.165, 1.54) is 10.9 Å². The molecule has 10 heteroatoms. The third-order valence-corrected chi connectivity index (χ3v) is 6.55. The second kappa shape index (κ2) is 9.59. The number of carbonyl (C=O) groups is 3. The van der Waals surface area contributed by atoms with Crippen LogP contribution in [0, 0.1) is 18.8 Å². The van der Waals surface area contributed by atoms with E-state index in [0.29, 0.717) is 45.6 Å². The quantitative estimate of drug-likeness (QED) is 0.672. The van der Waals surface area contributed by atoms with Crippen LogP contribution >= 0.6 is 11.3 Å². The molecule has 3 rings (SSSR count). The highest BCUT2D eigenvalue weighted by atomic mass is 32.1. The second-order valence-corrected chi connectivity index (χ2v) is 9.15. The van der Waals surface area contributed by atoms with Crippen molar-refractivity contribution in [2.75, 3.05) is 26.2 Å². The van der Waals surface area contributed by atoms with E-state index in [1.807, 2.05) is 4.90 Å². The number of piperidine rings is 1. The number of fused-ring (bicyclic) bond motifs is 1. The molecule has 168 valence electrons. The zero-order valence-electron chi connectivity index (χ0n) is 18.3. The lowest BCUT2D eigenvalue weighted by Crippen LogP contribution is -2.44. The molecule has 2 amide bonds. The van der Waals surface area contributed by atoms with Crippen LogP contribution in [0.1, 0.15) is 42.4 Å². The number of nitrogens with zero attached hydrogens (tertiary/aromatic N) is 3. The van der Waals surface area contributed by atoms with Gasteiger partial charge in [-0.2, -0.15) is 0 Å². The maximum atomic E-state index is 13.0. The molecule has 1 fully saturated rings. The minimum absolute atomic E-state index is 0.0825. The van der Waals surface area contributed by atoms with Gasteiger partial charge in [0.15, 0.2) is 0 Å². The Morgan fingerprint density at radius 3 is 2.58 bits per heavy atom. The van der Waals surface area contributed by atoms with Crippen LogP contribution in [0.5, 0.6) is 0 Å². The molecule has 0 spiro atoms. The van der Waals surface area contributed by atoms with Crippen molar-refractivity contribution in [3.63, 3.8) is 0 Å². The van der Waals surface area contributed by atoms with Gasteiger partial charge in [0.2, 0.25) is 5.91 Å². The number of amides is 2. The summed E-state index contributed by atoms with van der Waals surface area (Å²) in [6.07, 6.45) is 2.45. The number of thiophene rings is 1. The number of likely N-dealkylation sites (tertiary alicyclic amines) is 1. The summed E-state index contributed by atoms with van der Waals surface area (Å²) in [5, 5.41) is 2.82. The predicted octanol–water partition coefficient (Wildman–Crippen LogP) is 1.56. The monoisotopic (exact) mass is 448 g/mol. The first-order valence-electron chi connectivity index (χ1n) is 10.4. The third kappa shape index (κ3) is 5.12. The molecular formula is C21H28N4O5S. The lowest BCUT2D eigenvalue weighted by molar-refractivity contribution is -0.141. The van der Waals surface area contributed by atoms with Gasteiger partial charge in [-0.25, -0.2) is 4.98 Å². The lowest BCUT2D eigenvalue weighted by Gasteiger charge is -2.35. The number of hydrogen-bond acceptors (Lipinski definition) is 7. The van der Waals surface area contributed by atoms with Gasteiger partial charge in [0.05, 0.1) is 23.2 Å². The van der Waals surface area contributed by atoms with Crippen molar-refractivity contribution >= 4 is 39.3 Å². The van der Waals surface area contributed by atoms with E-state index in [-0.39, 0.29) is 31.2 Å². The van der Waals surface area contributed by atoms with Crippen LogP contribution < -0.4 is 10.9 Å². The summed E-state index contributed by atoms with van der Waals surface area (Å²) in [5.74, 6) is -0.247. The average Bonchev–Trinajstić information content (AvgIpc) is 3.05. The maximum Gasteiger partial charge on any atom is 0.325 e. The molecule has 0 aliphatic carbocycles. The van der Waals surface area contributed by atoms with Crippen molar-refractivity contribution < 1.29 is 19.1 Å². The molecule has 1 aliphatic heterocycles. The Bertz CT molecular complexity index is 1050. The van der Waals surface area contributed by atoms with Gasteiger partial charge in [-0.1, -0.05) is 13.8 Å². The van der Waals surface area contributed by atoms with Gasteiger partial charge in [0.1, 0.15) is 17.9 Å². The number of aromatic nitrogens is 2. The maximum absolute atomic E-state index is 13.0. The lowest BCUT2D eigenvalue weighted by atomic mass is 9.92. The van der Waals surface area contributed by atoms with E-state index in [9.17, 15) is 19.2 Å². The highest BCUT2D eigenvalue weighted by molar-refractivity contribution is 7.20. The summed E-state index contributed by atoms with van der Waals surface area (Å²) in [4.78, 5) is 56.6. The first-order valence-corrected chi connectivity index (χ1v) is 11.2. The van der Waals surface area contributed by atoms with Crippen LogP contribution in [0.3, 0.4) is 0 Å². The van der Waals surface area contributed by atoms with Crippen LogP contribution in [-0.4, -0.2) is 58.5 Å². The second-order valence-electron chi connectivity index (χ2n) is 8.15. The third-order valence-electron chi connectivity index (χ3n) is 5.35. The largest absolute Gasteiger partial charge is 0.465 e. The average molecular weight is 449 g/mol. The molecule has 0 saturated carbocycles. The number of esters is 1. The number of hydrogen-bond donors (Lipinski definition) is 1. The molecule has 0 aromatic carbocycles. The zero-order valence-corrected chi connectivity index (χ0v) is 19.1. The van der Waals surface area contributed by atoms with E-state index in [4.69, 9.17) is 4.74 Å². The molecule has 0 bridgehead atoms. The predicted molar refractivity (Wildman–Crippen MR) is 117 cm³/mol. The van der Waals surface area contributed by atoms with Crippen molar-refractivity contribution in [3.8, 4) is 0 Å². The number of nitrogens with one attached hydrogen (secondary N) is 1. The highest BCUT2D eigenvalue weighted by Gasteiger charge is 2.26. The van der Waals surface area contributed by atoms with Crippen LogP contribution in [0.15, 0.2) is 11.1 Å². The molecule has 2 aromatic heterocycles. The fourth-order valence-corrected chi connectivity index (χ4v) is 5.10. The van der Waals surface area contributed by atoms with Crippen LogP contribution in [0.2, 0.25) is 0 Å². The van der Waals surface area contributed by atoms with Crippen molar-refractivity contribution in [3.05, 3.63) is 27.1 Å². The summed E-state index contributed by atoms with van der Waals surface area (Å²) in [6, 6.07) is 0. The minimum Gasteiger partial charge on any atom is -0.465 e. The Kier molecular flexibility index (Phi) is 7.09. The van der Waals surface area contributed by atoms with Gasteiger partial charge in [-0.15, -0.1) is 11.3 Å².